The van der Waals surface area contributed by atoms with Gasteiger partial charge in [-0.3, -0.25) is 4.79 Å². The molecule has 0 radical (unpaired) electrons. The van der Waals surface area contributed by atoms with Gasteiger partial charge in [-0.05, 0) is 24.6 Å². The van der Waals surface area contributed by atoms with Gasteiger partial charge in [-0.2, -0.15) is 0 Å². The summed E-state index contributed by atoms with van der Waals surface area (Å²) in [5.41, 5.74) is -0.576. The Bertz CT molecular complexity index is 1220. The molecule has 0 spiro atoms. The fraction of sp³-hybridized carbons (Fsp3) is 0.516. The van der Waals surface area contributed by atoms with Crippen LogP contribution in [0.15, 0.2) is 39.5 Å². The topological polar surface area (TPSA) is 120 Å². The van der Waals surface area contributed by atoms with Crippen LogP contribution in [0.3, 0.4) is 0 Å². The second-order valence-corrected chi connectivity index (χ2v) is 10.1. The van der Waals surface area contributed by atoms with Gasteiger partial charge in [0.15, 0.2) is 17.3 Å². The molecule has 0 saturated carbocycles. The van der Waals surface area contributed by atoms with Crippen molar-refractivity contribution in [2.75, 3.05) is 6.61 Å². The number of hydrogen-bond donors (Lipinski definition) is 4. The number of fused-ring (bicyclic) bond motifs is 1. The van der Waals surface area contributed by atoms with Crippen molar-refractivity contribution in [2.45, 2.75) is 96.8 Å². The van der Waals surface area contributed by atoms with E-state index >= 15 is 0 Å². The van der Waals surface area contributed by atoms with Crippen LogP contribution in [0.1, 0.15) is 96.8 Å². The van der Waals surface area contributed by atoms with Crippen LogP contribution in [0.2, 0.25) is 0 Å². The van der Waals surface area contributed by atoms with Crippen LogP contribution in [-0.4, -0.2) is 27.0 Å². The van der Waals surface area contributed by atoms with Crippen molar-refractivity contribution in [2.24, 2.45) is 0 Å². The van der Waals surface area contributed by atoms with Gasteiger partial charge < -0.3 is 29.6 Å². The molecule has 0 unspecified atom stereocenters. The van der Waals surface area contributed by atoms with E-state index < -0.39 is 16.9 Å². The van der Waals surface area contributed by atoms with E-state index in [1.54, 1.807) is 0 Å². The minimum Gasteiger partial charge on any atom is -0.508 e. The van der Waals surface area contributed by atoms with Crippen molar-refractivity contribution < 1.29 is 29.6 Å². The molecule has 0 bridgehead atoms. The molecule has 7 heteroatoms. The third kappa shape index (κ3) is 8.33. The third-order valence-corrected chi connectivity index (χ3v) is 6.91. The Morgan fingerprint density at radius 2 is 1.29 bits per heavy atom. The zero-order chi connectivity index (χ0) is 27.3. The minimum atomic E-state index is -0.822. The Kier molecular flexibility index (Phi) is 11.7. The van der Waals surface area contributed by atoms with E-state index in [1.165, 1.54) is 94.9 Å². The van der Waals surface area contributed by atoms with Crippen LogP contribution < -0.4 is 10.2 Å². The van der Waals surface area contributed by atoms with Gasteiger partial charge in [0.1, 0.15) is 22.5 Å². The Morgan fingerprint density at radius 1 is 0.711 bits per heavy atom. The molecule has 0 aliphatic heterocycles. The van der Waals surface area contributed by atoms with E-state index in [0.717, 1.165) is 25.3 Å². The number of aromatic hydroxyl groups is 4. The quantitative estimate of drug-likeness (QED) is 0.131. The highest BCUT2D eigenvalue weighted by molar-refractivity contribution is 5.88. The molecule has 0 saturated heterocycles. The van der Waals surface area contributed by atoms with Gasteiger partial charge in [0.2, 0.25) is 11.2 Å². The van der Waals surface area contributed by atoms with E-state index in [0.29, 0.717) is 12.2 Å². The molecule has 0 atom stereocenters. The first kappa shape index (κ1) is 29.2. The predicted octanol–water partition coefficient (Wildman–Crippen LogP) is 8.14. The SMILES string of the molecule is CCCCCCCCCCCCCCCCOc1cc(-c2oc3cc(O)cc(O)c3c(=O)c2O)ccc1O. The van der Waals surface area contributed by atoms with E-state index in [2.05, 4.69) is 6.92 Å². The third-order valence-electron chi connectivity index (χ3n) is 6.91. The lowest BCUT2D eigenvalue weighted by atomic mass is 10.0. The highest BCUT2D eigenvalue weighted by Gasteiger charge is 2.19. The van der Waals surface area contributed by atoms with Crippen LogP contribution >= 0.6 is 0 Å². The van der Waals surface area contributed by atoms with Gasteiger partial charge in [-0.1, -0.05) is 90.4 Å². The number of rotatable bonds is 17. The second-order valence-electron chi connectivity index (χ2n) is 10.1. The predicted molar refractivity (Wildman–Crippen MR) is 150 cm³/mol. The average Bonchev–Trinajstić information content (AvgIpc) is 2.89. The molecule has 0 amide bonds. The molecular formula is C31H42O7. The molecule has 2 aromatic carbocycles. The number of hydrogen-bond acceptors (Lipinski definition) is 7. The summed E-state index contributed by atoms with van der Waals surface area (Å²) in [6, 6.07) is 6.57. The number of phenolic OH excluding ortho intramolecular Hbond substituents is 3. The Balaban J connectivity index is 1.42. The molecule has 4 N–H and O–H groups in total. The molecule has 7 nitrogen and oxygen atoms in total. The van der Waals surface area contributed by atoms with E-state index in [1.807, 2.05) is 0 Å². The number of phenols is 3. The van der Waals surface area contributed by atoms with Gasteiger partial charge in [0.25, 0.3) is 0 Å². The van der Waals surface area contributed by atoms with Crippen LogP contribution in [0, 0.1) is 0 Å². The lowest BCUT2D eigenvalue weighted by molar-refractivity contribution is 0.289. The first-order chi connectivity index (χ1) is 18.4. The van der Waals surface area contributed by atoms with Gasteiger partial charge in [-0.25, -0.2) is 0 Å². The zero-order valence-electron chi connectivity index (χ0n) is 22.5. The second kappa shape index (κ2) is 15.2. The van der Waals surface area contributed by atoms with Crippen molar-refractivity contribution in [1.82, 2.24) is 0 Å². The van der Waals surface area contributed by atoms with Crippen molar-refractivity contribution in [3.8, 4) is 40.1 Å². The summed E-state index contributed by atoms with van der Waals surface area (Å²) in [7, 11) is 0. The maximum absolute atomic E-state index is 12.6. The fourth-order valence-electron chi connectivity index (χ4n) is 4.72. The molecule has 1 heterocycles. The molecular weight excluding hydrogens is 484 g/mol. The highest BCUT2D eigenvalue weighted by atomic mass is 16.5. The lowest BCUT2D eigenvalue weighted by Gasteiger charge is -2.11. The van der Waals surface area contributed by atoms with Crippen LogP contribution in [0.4, 0.5) is 0 Å². The molecule has 3 aromatic rings. The standard InChI is InChI=1S/C31H42O7/c1-2-3-4-5-6-7-8-9-10-11-12-13-14-15-18-37-26-19-22(16-17-24(26)33)31-30(36)29(35)28-25(34)20-23(32)21-27(28)38-31/h16-17,19-21,32-34,36H,2-15,18H2,1H3. The van der Waals surface area contributed by atoms with Crippen molar-refractivity contribution >= 4 is 11.0 Å². The molecule has 0 fully saturated rings. The van der Waals surface area contributed by atoms with Gasteiger partial charge in [0.05, 0.1) is 6.61 Å². The van der Waals surface area contributed by atoms with Crippen LogP contribution in [-0.2, 0) is 0 Å². The molecule has 38 heavy (non-hydrogen) atoms. The number of benzene rings is 2. The first-order valence-corrected chi connectivity index (χ1v) is 14.1. The Morgan fingerprint density at radius 3 is 1.89 bits per heavy atom. The van der Waals surface area contributed by atoms with Gasteiger partial charge in [-0.15, -0.1) is 0 Å². The van der Waals surface area contributed by atoms with Gasteiger partial charge in [0, 0.05) is 17.7 Å². The maximum atomic E-state index is 12.6. The fourth-order valence-corrected chi connectivity index (χ4v) is 4.72. The van der Waals surface area contributed by atoms with E-state index in [-0.39, 0.29) is 34.0 Å². The number of unbranched alkanes of at least 4 members (excludes halogenated alkanes) is 13. The first-order valence-electron chi connectivity index (χ1n) is 14.1. The van der Waals surface area contributed by atoms with E-state index in [9.17, 15) is 25.2 Å². The molecule has 0 aliphatic carbocycles. The maximum Gasteiger partial charge on any atom is 0.238 e. The number of ether oxygens (including phenoxy) is 1. The van der Waals surface area contributed by atoms with Gasteiger partial charge >= 0.3 is 0 Å². The summed E-state index contributed by atoms with van der Waals surface area (Å²) >= 11 is 0. The summed E-state index contributed by atoms with van der Waals surface area (Å²) in [6.45, 7) is 2.69. The molecule has 3 rings (SSSR count). The normalized spacial score (nSPS) is 11.3. The molecule has 0 aliphatic rings. The Labute approximate surface area is 224 Å². The summed E-state index contributed by atoms with van der Waals surface area (Å²) < 4.78 is 11.4. The largest absolute Gasteiger partial charge is 0.508 e. The summed E-state index contributed by atoms with van der Waals surface area (Å²) in [5.74, 6) is -1.43. The van der Waals surface area contributed by atoms with Crippen molar-refractivity contribution in [3.05, 3.63) is 40.6 Å². The lowest BCUT2D eigenvalue weighted by Crippen LogP contribution is -2.03. The van der Waals surface area contributed by atoms with E-state index in [4.69, 9.17) is 9.15 Å². The zero-order valence-corrected chi connectivity index (χ0v) is 22.5. The minimum absolute atomic E-state index is 0.0583. The molecule has 1 aromatic heterocycles. The highest BCUT2D eigenvalue weighted by Crippen LogP contribution is 2.38. The monoisotopic (exact) mass is 526 g/mol. The Hall–Kier alpha value is -3.35. The molecule has 208 valence electrons. The van der Waals surface area contributed by atoms with Crippen LogP contribution in [0.5, 0.6) is 28.7 Å². The summed E-state index contributed by atoms with van der Waals surface area (Å²) in [5, 5.41) is 40.1. The van der Waals surface area contributed by atoms with Crippen LogP contribution in [0.25, 0.3) is 22.3 Å². The van der Waals surface area contributed by atoms with Crippen molar-refractivity contribution in [1.29, 1.82) is 0 Å². The average molecular weight is 527 g/mol. The van der Waals surface area contributed by atoms with Crippen molar-refractivity contribution in [3.63, 3.8) is 0 Å². The smallest absolute Gasteiger partial charge is 0.238 e. The summed E-state index contributed by atoms with van der Waals surface area (Å²) in [4.78, 5) is 12.6. The summed E-state index contributed by atoms with van der Waals surface area (Å²) in [6.07, 6.45) is 17.8.